The zero-order chi connectivity index (χ0) is 19.1. The van der Waals surface area contributed by atoms with E-state index in [1.54, 1.807) is 6.20 Å². The van der Waals surface area contributed by atoms with E-state index >= 15 is 0 Å². The molecule has 1 aromatic heterocycles. The summed E-state index contributed by atoms with van der Waals surface area (Å²) >= 11 is 6.25. The van der Waals surface area contributed by atoms with E-state index in [0.717, 1.165) is 42.4 Å². The third kappa shape index (κ3) is 3.52. The van der Waals surface area contributed by atoms with E-state index in [1.807, 2.05) is 23.4 Å². The van der Waals surface area contributed by atoms with E-state index in [-0.39, 0.29) is 5.41 Å². The fourth-order valence-corrected chi connectivity index (χ4v) is 5.48. The molecular weight excluding hydrogens is 370 g/mol. The van der Waals surface area contributed by atoms with E-state index < -0.39 is 15.8 Å². The summed E-state index contributed by atoms with van der Waals surface area (Å²) in [5.74, 6) is 4.79. The summed E-state index contributed by atoms with van der Waals surface area (Å²) in [6, 6.07) is 3.67. The van der Waals surface area contributed by atoms with Gasteiger partial charge in [-0.2, -0.15) is 5.10 Å². The van der Waals surface area contributed by atoms with E-state index in [4.69, 9.17) is 11.6 Å². The van der Waals surface area contributed by atoms with Crippen LogP contribution in [-0.2, 0) is 9.71 Å². The summed E-state index contributed by atoms with van der Waals surface area (Å²) in [7, 11) is -2.15. The maximum Gasteiger partial charge on any atom is 0.0864 e. The highest BCUT2D eigenvalue weighted by molar-refractivity contribution is 7.98. The minimum atomic E-state index is -2.15. The van der Waals surface area contributed by atoms with Gasteiger partial charge in [-0.15, -0.1) is 0 Å². The van der Waals surface area contributed by atoms with Crippen molar-refractivity contribution in [2.24, 2.45) is 11.3 Å². The molecule has 1 aliphatic rings. The van der Waals surface area contributed by atoms with Gasteiger partial charge in [0.1, 0.15) is 0 Å². The molecule has 2 aromatic rings. The second-order valence-electron chi connectivity index (χ2n) is 7.82. The third-order valence-corrected chi connectivity index (χ3v) is 8.40. The molecule has 1 aliphatic heterocycles. The highest BCUT2D eigenvalue weighted by Gasteiger charge is 2.40. The van der Waals surface area contributed by atoms with Crippen LogP contribution in [0.1, 0.15) is 45.3 Å². The van der Waals surface area contributed by atoms with Crippen LogP contribution in [0.4, 0.5) is 0 Å². The standard InChI is InChI=1S/C19H28ClN3O2S/c1-5-26(4,25)23-8-6-14(7-9-23)19(2,3)18(24)16-11-15(20)10-13-12-21-22-17(13)16/h10-12,14,18,24H,4-9H2,1-3H3,(H,21,22)/t18-,26?/m1/s1. The second kappa shape index (κ2) is 7.15. The molecule has 26 heavy (non-hydrogen) atoms. The molecule has 0 bridgehead atoms. The number of aliphatic hydroxyl groups is 1. The van der Waals surface area contributed by atoms with E-state index in [1.165, 1.54) is 0 Å². The number of aromatic nitrogens is 2. The molecule has 7 heteroatoms. The molecule has 1 fully saturated rings. The van der Waals surface area contributed by atoms with Gasteiger partial charge < -0.3 is 5.11 Å². The van der Waals surface area contributed by atoms with Crippen LogP contribution in [0.25, 0.3) is 10.9 Å². The Hall–Kier alpha value is -1.08. The highest BCUT2D eigenvalue weighted by atomic mass is 35.5. The van der Waals surface area contributed by atoms with Gasteiger partial charge in [0.25, 0.3) is 0 Å². The molecule has 3 rings (SSSR count). The van der Waals surface area contributed by atoms with Crippen LogP contribution in [0.2, 0.25) is 5.02 Å². The van der Waals surface area contributed by atoms with Crippen LogP contribution in [0.15, 0.2) is 18.3 Å². The van der Waals surface area contributed by atoms with Crippen LogP contribution in [0.5, 0.6) is 0 Å². The first-order chi connectivity index (χ1) is 12.2. The number of benzene rings is 1. The molecule has 2 N–H and O–H groups in total. The van der Waals surface area contributed by atoms with Gasteiger partial charge in [-0.3, -0.25) is 9.31 Å². The predicted octanol–water partition coefficient (Wildman–Crippen LogP) is 3.64. The van der Waals surface area contributed by atoms with Crippen LogP contribution in [0.3, 0.4) is 0 Å². The Morgan fingerprint density at radius 2 is 2.12 bits per heavy atom. The quantitative estimate of drug-likeness (QED) is 0.757. The fourth-order valence-electron chi connectivity index (χ4n) is 4.00. The molecule has 2 atom stereocenters. The average Bonchev–Trinajstić information content (AvgIpc) is 3.08. The van der Waals surface area contributed by atoms with Gasteiger partial charge in [0, 0.05) is 44.5 Å². The van der Waals surface area contributed by atoms with Crippen molar-refractivity contribution < 1.29 is 9.32 Å². The normalized spacial score (nSPS) is 21.0. The highest BCUT2D eigenvalue weighted by Crippen LogP contribution is 2.46. The first-order valence-corrected chi connectivity index (χ1v) is 11.3. The van der Waals surface area contributed by atoms with Gasteiger partial charge in [0.05, 0.1) is 17.8 Å². The number of fused-ring (bicyclic) bond motifs is 1. The number of nitrogens with zero attached hydrogens (tertiary/aromatic N) is 2. The summed E-state index contributed by atoms with van der Waals surface area (Å²) in [6.07, 6.45) is 2.83. The summed E-state index contributed by atoms with van der Waals surface area (Å²) in [5, 5.41) is 19.8. The molecule has 1 unspecified atom stereocenters. The van der Waals surface area contributed by atoms with Gasteiger partial charge in [-0.1, -0.05) is 32.4 Å². The zero-order valence-electron chi connectivity index (χ0n) is 15.7. The van der Waals surface area contributed by atoms with Crippen molar-refractivity contribution in [1.82, 2.24) is 14.5 Å². The fraction of sp³-hybridized carbons (Fsp3) is 0.579. The molecule has 2 heterocycles. The molecule has 5 nitrogen and oxygen atoms in total. The van der Waals surface area contributed by atoms with Crippen LogP contribution >= 0.6 is 11.6 Å². The first kappa shape index (κ1) is 19.7. The average molecular weight is 398 g/mol. The van der Waals surface area contributed by atoms with Gasteiger partial charge in [-0.05, 0) is 42.2 Å². The molecule has 0 spiro atoms. The second-order valence-corrected chi connectivity index (χ2v) is 10.9. The number of H-pyrrole nitrogens is 1. The lowest BCUT2D eigenvalue weighted by molar-refractivity contribution is -0.0110. The molecule has 0 aliphatic carbocycles. The van der Waals surface area contributed by atoms with Crippen molar-refractivity contribution in [3.8, 4) is 0 Å². The Morgan fingerprint density at radius 1 is 1.46 bits per heavy atom. The van der Waals surface area contributed by atoms with Crippen LogP contribution in [-0.4, -0.2) is 48.5 Å². The summed E-state index contributed by atoms with van der Waals surface area (Å²) in [4.78, 5) is 0. The lowest BCUT2D eigenvalue weighted by atomic mass is 9.68. The largest absolute Gasteiger partial charge is 0.388 e. The number of halogens is 1. The van der Waals surface area contributed by atoms with Crippen molar-refractivity contribution in [2.45, 2.75) is 39.7 Å². The predicted molar refractivity (Wildman–Crippen MR) is 110 cm³/mol. The molecular formula is C19H28ClN3O2S. The third-order valence-electron chi connectivity index (χ3n) is 5.97. The number of rotatable bonds is 5. The van der Waals surface area contributed by atoms with Crippen molar-refractivity contribution in [3.05, 3.63) is 28.9 Å². The smallest absolute Gasteiger partial charge is 0.0864 e. The SMILES string of the molecule is C=S(=O)(CC)N1CCC(C(C)(C)[C@H](O)c2cc(Cl)cc3cn[nH]c23)CC1. The lowest BCUT2D eigenvalue weighted by Crippen LogP contribution is -2.44. The minimum Gasteiger partial charge on any atom is -0.388 e. The van der Waals surface area contributed by atoms with Crippen molar-refractivity contribution in [1.29, 1.82) is 0 Å². The molecule has 0 amide bonds. The number of piperidine rings is 1. The minimum absolute atomic E-state index is 0.317. The van der Waals surface area contributed by atoms with Gasteiger partial charge >= 0.3 is 0 Å². The summed E-state index contributed by atoms with van der Waals surface area (Å²) in [5.41, 5.74) is 1.27. The first-order valence-electron chi connectivity index (χ1n) is 9.07. The Kier molecular flexibility index (Phi) is 5.41. The molecule has 1 saturated heterocycles. The Labute approximate surface area is 160 Å². The number of hydrogen-bond donors (Lipinski definition) is 2. The van der Waals surface area contributed by atoms with Crippen molar-refractivity contribution in [2.75, 3.05) is 18.8 Å². The lowest BCUT2D eigenvalue weighted by Gasteiger charge is -2.43. The zero-order valence-corrected chi connectivity index (χ0v) is 17.2. The van der Waals surface area contributed by atoms with Gasteiger partial charge in [-0.25, -0.2) is 4.31 Å². The van der Waals surface area contributed by atoms with Gasteiger partial charge in [0.15, 0.2) is 0 Å². The Morgan fingerprint density at radius 3 is 2.73 bits per heavy atom. The Bertz CT molecular complexity index is 883. The van der Waals surface area contributed by atoms with E-state index in [0.29, 0.717) is 16.7 Å². The van der Waals surface area contributed by atoms with E-state index in [9.17, 15) is 9.32 Å². The summed E-state index contributed by atoms with van der Waals surface area (Å²) < 4.78 is 14.5. The maximum absolute atomic E-state index is 12.5. The molecule has 0 radical (unpaired) electrons. The van der Waals surface area contributed by atoms with Crippen LogP contribution < -0.4 is 0 Å². The molecule has 144 valence electrons. The van der Waals surface area contributed by atoms with Crippen LogP contribution in [0, 0.1) is 11.3 Å². The maximum atomic E-state index is 12.5. The van der Waals surface area contributed by atoms with Crippen molar-refractivity contribution >= 4 is 38.1 Å². The molecule has 1 aromatic carbocycles. The number of aliphatic hydroxyl groups excluding tert-OH is 1. The number of nitrogens with one attached hydrogen (secondary N) is 1. The topological polar surface area (TPSA) is 69.2 Å². The monoisotopic (exact) mass is 397 g/mol. The van der Waals surface area contributed by atoms with Crippen molar-refractivity contribution in [3.63, 3.8) is 0 Å². The number of hydrogen-bond acceptors (Lipinski definition) is 3. The van der Waals surface area contributed by atoms with E-state index in [2.05, 4.69) is 29.9 Å². The molecule has 0 saturated carbocycles. The van der Waals surface area contributed by atoms with Gasteiger partial charge in [0.2, 0.25) is 0 Å². The Balaban J connectivity index is 1.83. The number of aromatic amines is 1. The summed E-state index contributed by atoms with van der Waals surface area (Å²) in [6.45, 7) is 7.63.